The molecule has 2 N–H and O–H groups in total. The van der Waals surface area contributed by atoms with Crippen molar-refractivity contribution in [2.75, 3.05) is 45.3 Å². The van der Waals surface area contributed by atoms with E-state index in [2.05, 4.69) is 27.7 Å². The highest BCUT2D eigenvalue weighted by molar-refractivity contribution is 5.88. The van der Waals surface area contributed by atoms with Crippen LogP contribution in [-0.2, 0) is 16.1 Å². The van der Waals surface area contributed by atoms with E-state index in [9.17, 15) is 4.79 Å². The number of morpholine rings is 1. The molecule has 1 aliphatic heterocycles. The average molecular weight is 383 g/mol. The Balaban J connectivity index is 1.61. The second kappa shape index (κ2) is 10.2. The number of amides is 1. The van der Waals surface area contributed by atoms with Crippen molar-refractivity contribution in [3.05, 3.63) is 59.7 Å². The number of carbonyl (C=O) groups excluding carboxylic acids is 1. The average Bonchev–Trinajstić information content (AvgIpc) is 2.73. The lowest BCUT2D eigenvalue weighted by molar-refractivity contribution is -0.114. The first kappa shape index (κ1) is 20.3. The van der Waals surface area contributed by atoms with Crippen LogP contribution >= 0.6 is 0 Å². The Morgan fingerprint density at radius 1 is 1.11 bits per heavy atom. The molecular formula is C22H29N3O3. The molecule has 0 aromatic heterocycles. The number of nitrogens with zero attached hydrogens (tertiary/aromatic N) is 1. The maximum absolute atomic E-state index is 11.1. The summed E-state index contributed by atoms with van der Waals surface area (Å²) in [4.78, 5) is 13.6. The molecule has 6 nitrogen and oxygen atoms in total. The monoisotopic (exact) mass is 383 g/mol. The van der Waals surface area contributed by atoms with Crippen molar-refractivity contribution in [2.45, 2.75) is 19.5 Å². The molecule has 0 bridgehead atoms. The molecule has 2 aromatic rings. The van der Waals surface area contributed by atoms with Gasteiger partial charge in [0, 0.05) is 44.8 Å². The summed E-state index contributed by atoms with van der Waals surface area (Å²) in [5.74, 6) is 0.815. The number of ether oxygens (including phenoxy) is 2. The van der Waals surface area contributed by atoms with Crippen LogP contribution in [0.2, 0.25) is 0 Å². The van der Waals surface area contributed by atoms with Gasteiger partial charge in [0.25, 0.3) is 0 Å². The smallest absolute Gasteiger partial charge is 0.221 e. The van der Waals surface area contributed by atoms with E-state index >= 15 is 0 Å². The molecule has 150 valence electrons. The molecule has 1 aliphatic rings. The van der Waals surface area contributed by atoms with Gasteiger partial charge < -0.3 is 20.1 Å². The lowest BCUT2D eigenvalue weighted by Crippen LogP contribution is -2.42. The van der Waals surface area contributed by atoms with Crippen molar-refractivity contribution in [1.82, 2.24) is 10.2 Å². The first-order valence-electron chi connectivity index (χ1n) is 9.68. The molecule has 28 heavy (non-hydrogen) atoms. The molecule has 0 saturated carbocycles. The van der Waals surface area contributed by atoms with Crippen molar-refractivity contribution in [1.29, 1.82) is 0 Å². The largest absolute Gasteiger partial charge is 0.497 e. The number of methoxy groups -OCH3 is 1. The lowest BCUT2D eigenvalue weighted by Gasteiger charge is -2.35. The zero-order valence-corrected chi connectivity index (χ0v) is 16.6. The quantitative estimate of drug-likeness (QED) is 0.734. The number of hydrogen-bond donors (Lipinski definition) is 2. The van der Waals surface area contributed by atoms with Crippen LogP contribution in [0.25, 0.3) is 0 Å². The Morgan fingerprint density at radius 3 is 2.39 bits per heavy atom. The van der Waals surface area contributed by atoms with Crippen LogP contribution in [0.1, 0.15) is 24.1 Å². The van der Waals surface area contributed by atoms with E-state index in [1.807, 2.05) is 36.4 Å². The molecule has 1 saturated heterocycles. The number of hydrogen-bond acceptors (Lipinski definition) is 5. The SMILES string of the molecule is COc1ccc(C(CNCc2ccc(NC(C)=O)cc2)N2CCOCC2)cc1. The minimum absolute atomic E-state index is 0.0567. The summed E-state index contributed by atoms with van der Waals surface area (Å²) >= 11 is 0. The second-order valence-electron chi connectivity index (χ2n) is 6.95. The third kappa shape index (κ3) is 5.79. The van der Waals surface area contributed by atoms with Gasteiger partial charge in [-0.05, 0) is 35.4 Å². The van der Waals surface area contributed by atoms with Crippen LogP contribution in [0.4, 0.5) is 5.69 Å². The molecule has 2 aromatic carbocycles. The predicted molar refractivity (Wildman–Crippen MR) is 111 cm³/mol. The normalized spacial score (nSPS) is 15.8. The molecular weight excluding hydrogens is 354 g/mol. The van der Waals surface area contributed by atoms with E-state index < -0.39 is 0 Å². The van der Waals surface area contributed by atoms with Gasteiger partial charge in [0.1, 0.15) is 5.75 Å². The van der Waals surface area contributed by atoms with Gasteiger partial charge in [-0.15, -0.1) is 0 Å². The van der Waals surface area contributed by atoms with Crippen molar-refractivity contribution in [3.63, 3.8) is 0 Å². The van der Waals surface area contributed by atoms with E-state index in [1.54, 1.807) is 7.11 Å². The first-order valence-corrected chi connectivity index (χ1v) is 9.68. The molecule has 1 atom stereocenters. The third-order valence-corrected chi connectivity index (χ3v) is 4.93. The molecule has 0 spiro atoms. The Hall–Kier alpha value is -2.41. The summed E-state index contributed by atoms with van der Waals surface area (Å²) in [7, 11) is 1.69. The number of nitrogens with one attached hydrogen (secondary N) is 2. The van der Waals surface area contributed by atoms with Gasteiger partial charge in [-0.3, -0.25) is 9.69 Å². The van der Waals surface area contributed by atoms with E-state index in [4.69, 9.17) is 9.47 Å². The highest BCUT2D eigenvalue weighted by atomic mass is 16.5. The van der Waals surface area contributed by atoms with Gasteiger partial charge >= 0.3 is 0 Å². The Morgan fingerprint density at radius 2 is 1.79 bits per heavy atom. The van der Waals surface area contributed by atoms with Gasteiger partial charge in [0.2, 0.25) is 5.91 Å². The molecule has 3 rings (SSSR count). The van der Waals surface area contributed by atoms with Gasteiger partial charge in [0.15, 0.2) is 0 Å². The zero-order chi connectivity index (χ0) is 19.8. The Bertz CT molecular complexity index is 741. The van der Waals surface area contributed by atoms with Crippen LogP contribution in [0, 0.1) is 0 Å². The topological polar surface area (TPSA) is 62.8 Å². The van der Waals surface area contributed by atoms with Crippen LogP contribution in [-0.4, -0.2) is 50.8 Å². The van der Waals surface area contributed by atoms with Crippen LogP contribution in [0.5, 0.6) is 5.75 Å². The number of rotatable bonds is 8. The highest BCUT2D eigenvalue weighted by Crippen LogP contribution is 2.24. The summed E-state index contributed by atoms with van der Waals surface area (Å²) in [6.07, 6.45) is 0. The van der Waals surface area contributed by atoms with Crippen molar-refractivity contribution >= 4 is 11.6 Å². The van der Waals surface area contributed by atoms with Gasteiger partial charge in [-0.2, -0.15) is 0 Å². The standard InChI is InChI=1S/C22H29N3O3/c1-17(26)24-20-7-3-18(4-8-20)15-23-16-22(25-11-13-28-14-12-25)19-5-9-21(27-2)10-6-19/h3-10,22-23H,11-16H2,1-2H3,(H,24,26). The maximum atomic E-state index is 11.1. The van der Waals surface area contributed by atoms with E-state index in [-0.39, 0.29) is 11.9 Å². The molecule has 1 amide bonds. The predicted octanol–water partition coefficient (Wildman–Crippen LogP) is 2.82. The molecule has 6 heteroatoms. The van der Waals surface area contributed by atoms with Crippen LogP contribution in [0.3, 0.4) is 0 Å². The van der Waals surface area contributed by atoms with Crippen molar-refractivity contribution in [2.24, 2.45) is 0 Å². The van der Waals surface area contributed by atoms with Crippen molar-refractivity contribution < 1.29 is 14.3 Å². The first-order chi connectivity index (χ1) is 13.7. The fraction of sp³-hybridized carbons (Fsp3) is 0.409. The van der Waals surface area contributed by atoms with E-state index in [1.165, 1.54) is 18.1 Å². The summed E-state index contributed by atoms with van der Waals surface area (Å²) in [5.41, 5.74) is 3.28. The molecule has 0 aliphatic carbocycles. The molecule has 0 radical (unpaired) electrons. The molecule has 1 unspecified atom stereocenters. The van der Waals surface area contributed by atoms with E-state index in [0.29, 0.717) is 0 Å². The highest BCUT2D eigenvalue weighted by Gasteiger charge is 2.22. The lowest BCUT2D eigenvalue weighted by atomic mass is 10.0. The Kier molecular flexibility index (Phi) is 7.42. The van der Waals surface area contributed by atoms with Crippen LogP contribution < -0.4 is 15.4 Å². The minimum atomic E-state index is -0.0567. The van der Waals surface area contributed by atoms with Gasteiger partial charge in [-0.25, -0.2) is 0 Å². The fourth-order valence-corrected chi connectivity index (χ4v) is 3.44. The summed E-state index contributed by atoms with van der Waals surface area (Å²) in [6.45, 7) is 6.56. The fourth-order valence-electron chi connectivity index (χ4n) is 3.44. The van der Waals surface area contributed by atoms with Crippen LogP contribution in [0.15, 0.2) is 48.5 Å². The van der Waals surface area contributed by atoms with Crippen molar-refractivity contribution in [3.8, 4) is 5.75 Å². The van der Waals surface area contributed by atoms with Gasteiger partial charge in [-0.1, -0.05) is 24.3 Å². The van der Waals surface area contributed by atoms with Gasteiger partial charge in [0.05, 0.1) is 20.3 Å². The second-order valence-corrected chi connectivity index (χ2v) is 6.95. The minimum Gasteiger partial charge on any atom is -0.497 e. The number of carbonyl (C=O) groups is 1. The molecule has 1 fully saturated rings. The third-order valence-electron chi connectivity index (χ3n) is 4.93. The summed E-state index contributed by atoms with van der Waals surface area (Å²) < 4.78 is 10.8. The number of benzene rings is 2. The summed E-state index contributed by atoms with van der Waals surface area (Å²) in [6, 6.07) is 16.5. The summed E-state index contributed by atoms with van der Waals surface area (Å²) in [5, 5.41) is 6.38. The number of anilines is 1. The Labute approximate surface area is 166 Å². The maximum Gasteiger partial charge on any atom is 0.221 e. The molecule has 1 heterocycles. The van der Waals surface area contributed by atoms with E-state index in [0.717, 1.165) is 50.8 Å². The zero-order valence-electron chi connectivity index (χ0n) is 16.6.